The van der Waals surface area contributed by atoms with E-state index in [4.69, 9.17) is 4.74 Å². The van der Waals surface area contributed by atoms with Crippen molar-refractivity contribution in [2.45, 2.75) is 50.2 Å². The van der Waals surface area contributed by atoms with E-state index < -0.39 is 0 Å². The molecule has 2 aliphatic rings. The van der Waals surface area contributed by atoms with E-state index in [-0.39, 0.29) is 12.1 Å². The Bertz CT molecular complexity index is 269. The van der Waals surface area contributed by atoms with Gasteiger partial charge in [-0.05, 0) is 58.2 Å². The molecule has 0 radical (unpaired) electrons. The monoisotopic (exact) mass is 270 g/mol. The van der Waals surface area contributed by atoms with Crippen LogP contribution in [0.5, 0.6) is 0 Å². The van der Waals surface area contributed by atoms with E-state index in [9.17, 15) is 5.11 Å². The molecule has 1 saturated carbocycles. The molecule has 2 N–H and O–H groups in total. The summed E-state index contributed by atoms with van der Waals surface area (Å²) >= 11 is 0. The first-order valence-corrected chi connectivity index (χ1v) is 7.79. The molecule has 0 aromatic heterocycles. The lowest BCUT2D eigenvalue weighted by Gasteiger charge is -2.37. The molecular formula is C15H30N2O2. The van der Waals surface area contributed by atoms with Crippen LogP contribution in [0.2, 0.25) is 0 Å². The number of nitrogens with one attached hydrogen (secondary N) is 1. The van der Waals surface area contributed by atoms with Gasteiger partial charge in [-0.25, -0.2) is 0 Å². The van der Waals surface area contributed by atoms with Crippen LogP contribution in [-0.2, 0) is 4.74 Å². The first-order valence-electron chi connectivity index (χ1n) is 7.79. The van der Waals surface area contributed by atoms with Crippen molar-refractivity contribution >= 4 is 0 Å². The second-order valence-electron chi connectivity index (χ2n) is 6.24. The lowest BCUT2D eigenvalue weighted by molar-refractivity contribution is 0.0267. The van der Waals surface area contributed by atoms with Crippen LogP contribution in [0.1, 0.15) is 38.5 Å². The number of hydrogen-bond acceptors (Lipinski definition) is 4. The molecule has 2 fully saturated rings. The number of hydrogen-bond donors (Lipinski definition) is 2. The Kier molecular flexibility index (Phi) is 5.63. The molecule has 3 atom stereocenters. The number of aliphatic hydroxyl groups excluding tert-OH is 1. The molecule has 0 spiro atoms. The third-order valence-electron chi connectivity index (χ3n) is 5.33. The fourth-order valence-corrected chi connectivity index (χ4v) is 3.93. The number of nitrogens with zero attached hydrogens (tertiary/aromatic N) is 1. The van der Waals surface area contributed by atoms with Crippen molar-refractivity contribution in [3.63, 3.8) is 0 Å². The lowest BCUT2D eigenvalue weighted by atomic mass is 9.85. The molecule has 1 heterocycles. The Balaban J connectivity index is 1.81. The molecule has 0 aromatic rings. The molecule has 1 aliphatic carbocycles. The average Bonchev–Trinajstić information content (AvgIpc) is 2.88. The predicted octanol–water partition coefficient (Wildman–Crippen LogP) is 1.24. The zero-order valence-electron chi connectivity index (χ0n) is 12.5. The van der Waals surface area contributed by atoms with Gasteiger partial charge in [-0.1, -0.05) is 6.42 Å². The molecular weight excluding hydrogens is 240 g/mol. The predicted molar refractivity (Wildman–Crippen MR) is 77.3 cm³/mol. The molecule has 4 nitrogen and oxygen atoms in total. The van der Waals surface area contributed by atoms with Crippen LogP contribution in [0.3, 0.4) is 0 Å². The van der Waals surface area contributed by atoms with Gasteiger partial charge in [0.2, 0.25) is 0 Å². The molecule has 1 aliphatic heterocycles. The van der Waals surface area contributed by atoms with Crippen molar-refractivity contribution in [2.24, 2.45) is 5.92 Å². The van der Waals surface area contributed by atoms with E-state index in [2.05, 4.69) is 10.2 Å². The second-order valence-corrected chi connectivity index (χ2v) is 6.24. The van der Waals surface area contributed by atoms with Gasteiger partial charge < -0.3 is 20.1 Å². The molecule has 0 bridgehead atoms. The van der Waals surface area contributed by atoms with Crippen molar-refractivity contribution in [3.05, 3.63) is 0 Å². The zero-order valence-corrected chi connectivity index (χ0v) is 12.5. The first-order chi connectivity index (χ1) is 9.24. The minimum atomic E-state index is -0.0174. The maximum absolute atomic E-state index is 9.71. The van der Waals surface area contributed by atoms with E-state index in [0.717, 1.165) is 19.5 Å². The van der Waals surface area contributed by atoms with Gasteiger partial charge in [0.05, 0.1) is 12.7 Å². The van der Waals surface area contributed by atoms with Crippen LogP contribution in [0, 0.1) is 5.92 Å². The molecule has 4 heteroatoms. The first kappa shape index (κ1) is 15.2. The Labute approximate surface area is 117 Å². The van der Waals surface area contributed by atoms with Crippen LogP contribution in [0.4, 0.5) is 0 Å². The van der Waals surface area contributed by atoms with E-state index in [1.54, 1.807) is 0 Å². The van der Waals surface area contributed by atoms with Gasteiger partial charge in [0.25, 0.3) is 0 Å². The highest BCUT2D eigenvalue weighted by molar-refractivity contribution is 4.98. The summed E-state index contributed by atoms with van der Waals surface area (Å²) in [5, 5.41) is 13.1. The van der Waals surface area contributed by atoms with E-state index in [0.29, 0.717) is 12.0 Å². The average molecular weight is 270 g/mol. The van der Waals surface area contributed by atoms with Gasteiger partial charge in [-0.3, -0.25) is 0 Å². The summed E-state index contributed by atoms with van der Waals surface area (Å²) in [7, 11) is 3.82. The van der Waals surface area contributed by atoms with Crippen LogP contribution < -0.4 is 5.32 Å². The van der Waals surface area contributed by atoms with Crippen molar-refractivity contribution in [3.8, 4) is 0 Å². The number of likely N-dealkylation sites (tertiary alicyclic amines) is 1. The van der Waals surface area contributed by atoms with E-state index in [1.807, 2.05) is 14.2 Å². The summed E-state index contributed by atoms with van der Waals surface area (Å²) in [6.45, 7) is 3.70. The van der Waals surface area contributed by atoms with Crippen LogP contribution in [-0.4, -0.2) is 62.0 Å². The lowest BCUT2D eigenvalue weighted by Crippen LogP contribution is -2.50. The summed E-state index contributed by atoms with van der Waals surface area (Å²) in [5.41, 5.74) is -0.0174. The number of aliphatic hydroxyl groups is 1. The van der Waals surface area contributed by atoms with Crippen LogP contribution in [0.25, 0.3) is 0 Å². The second kappa shape index (κ2) is 7.02. The third-order valence-corrected chi connectivity index (χ3v) is 5.33. The Morgan fingerprint density at radius 3 is 2.89 bits per heavy atom. The van der Waals surface area contributed by atoms with Gasteiger partial charge in [-0.15, -0.1) is 0 Å². The topological polar surface area (TPSA) is 44.7 Å². The molecule has 112 valence electrons. The Morgan fingerprint density at radius 1 is 1.37 bits per heavy atom. The number of ether oxygens (including phenoxy) is 1. The van der Waals surface area contributed by atoms with E-state index >= 15 is 0 Å². The molecule has 2 rings (SSSR count). The van der Waals surface area contributed by atoms with Crippen molar-refractivity contribution in [2.75, 3.05) is 40.4 Å². The Morgan fingerprint density at radius 2 is 2.21 bits per heavy atom. The number of likely N-dealkylation sites (N-methyl/N-ethyl adjacent to an activating group) is 1. The summed E-state index contributed by atoms with van der Waals surface area (Å²) in [6.07, 6.45) is 7.68. The molecule has 1 saturated heterocycles. The van der Waals surface area contributed by atoms with Gasteiger partial charge in [-0.2, -0.15) is 0 Å². The molecule has 19 heavy (non-hydrogen) atoms. The van der Waals surface area contributed by atoms with Crippen molar-refractivity contribution in [1.29, 1.82) is 0 Å². The fourth-order valence-electron chi connectivity index (χ4n) is 3.93. The zero-order chi connectivity index (χ0) is 13.7. The summed E-state index contributed by atoms with van der Waals surface area (Å²) < 4.78 is 5.48. The standard InChI is InChI=1S/C15H30N2O2/c1-16-15(12-18)8-3-5-13(15)7-10-17-9-4-6-14(11-17)19-2/h13-14,16,18H,3-12H2,1-2H3. The number of rotatable bonds is 6. The van der Waals surface area contributed by atoms with E-state index in [1.165, 1.54) is 38.6 Å². The third kappa shape index (κ3) is 3.48. The highest BCUT2D eigenvalue weighted by Gasteiger charge is 2.40. The normalized spacial score (nSPS) is 36.8. The summed E-state index contributed by atoms with van der Waals surface area (Å²) in [6, 6.07) is 0. The highest BCUT2D eigenvalue weighted by Crippen LogP contribution is 2.37. The van der Waals surface area contributed by atoms with Crippen molar-refractivity contribution in [1.82, 2.24) is 10.2 Å². The number of piperidine rings is 1. The smallest absolute Gasteiger partial charge is 0.0698 e. The maximum Gasteiger partial charge on any atom is 0.0698 e. The minimum Gasteiger partial charge on any atom is -0.394 e. The van der Waals surface area contributed by atoms with Gasteiger partial charge in [0.1, 0.15) is 0 Å². The summed E-state index contributed by atoms with van der Waals surface area (Å²) in [5.74, 6) is 0.616. The maximum atomic E-state index is 9.71. The highest BCUT2D eigenvalue weighted by atomic mass is 16.5. The van der Waals surface area contributed by atoms with Gasteiger partial charge in [0.15, 0.2) is 0 Å². The number of methoxy groups -OCH3 is 1. The Hall–Kier alpha value is -0.160. The molecule has 0 aromatic carbocycles. The summed E-state index contributed by atoms with van der Waals surface area (Å²) in [4.78, 5) is 2.54. The fraction of sp³-hybridized carbons (Fsp3) is 1.00. The largest absolute Gasteiger partial charge is 0.394 e. The van der Waals surface area contributed by atoms with Crippen LogP contribution in [0.15, 0.2) is 0 Å². The molecule has 0 amide bonds. The SMILES string of the molecule is CNC1(CO)CCCC1CCN1CCCC(OC)C1. The van der Waals surface area contributed by atoms with Crippen molar-refractivity contribution < 1.29 is 9.84 Å². The van der Waals surface area contributed by atoms with Gasteiger partial charge >= 0.3 is 0 Å². The van der Waals surface area contributed by atoms with Crippen LogP contribution >= 0.6 is 0 Å². The molecule has 3 unspecified atom stereocenters. The quantitative estimate of drug-likeness (QED) is 0.762. The van der Waals surface area contributed by atoms with Gasteiger partial charge in [0, 0.05) is 19.2 Å². The minimum absolute atomic E-state index is 0.0174.